The molecule has 0 saturated carbocycles. The third-order valence-corrected chi connectivity index (χ3v) is 4.41. The first kappa shape index (κ1) is 13.6. The Kier molecular flexibility index (Phi) is 4.86. The van der Waals surface area contributed by atoms with Crippen LogP contribution < -0.4 is 0 Å². The van der Waals surface area contributed by atoms with Gasteiger partial charge in [-0.1, -0.05) is 15.9 Å². The van der Waals surface area contributed by atoms with Crippen molar-refractivity contribution in [3.05, 3.63) is 29.8 Å². The Morgan fingerprint density at radius 3 is 2.44 bits per heavy atom. The molecule has 0 heterocycles. The van der Waals surface area contributed by atoms with Gasteiger partial charge in [-0.15, -0.1) is 0 Å². The minimum absolute atomic E-state index is 0.124. The summed E-state index contributed by atoms with van der Waals surface area (Å²) in [6, 6.07) is 2.49. The van der Waals surface area contributed by atoms with Crippen LogP contribution in [-0.2, 0) is 9.84 Å². The molecule has 90 valence electrons. The third-order valence-electron chi connectivity index (χ3n) is 2.03. The van der Waals surface area contributed by atoms with Gasteiger partial charge < -0.3 is 0 Å². The summed E-state index contributed by atoms with van der Waals surface area (Å²) in [5.41, 5.74) is 0. The Morgan fingerprint density at radius 2 is 1.88 bits per heavy atom. The van der Waals surface area contributed by atoms with Crippen LogP contribution in [0.3, 0.4) is 0 Å². The van der Waals surface area contributed by atoms with Crippen molar-refractivity contribution in [2.24, 2.45) is 0 Å². The highest BCUT2D eigenvalue weighted by atomic mass is 79.9. The zero-order valence-corrected chi connectivity index (χ0v) is 10.8. The predicted molar refractivity (Wildman–Crippen MR) is 61.4 cm³/mol. The second-order valence-corrected chi connectivity index (χ2v) is 6.16. The molecule has 2 nitrogen and oxygen atoms in total. The Labute approximate surface area is 102 Å². The van der Waals surface area contributed by atoms with Crippen LogP contribution in [0, 0.1) is 11.6 Å². The van der Waals surface area contributed by atoms with Gasteiger partial charge in [0.1, 0.15) is 16.5 Å². The van der Waals surface area contributed by atoms with E-state index in [2.05, 4.69) is 15.9 Å². The van der Waals surface area contributed by atoms with E-state index in [0.717, 1.165) is 12.1 Å². The molecular weight excluding hydrogens is 302 g/mol. The van der Waals surface area contributed by atoms with Gasteiger partial charge in [-0.2, -0.15) is 0 Å². The van der Waals surface area contributed by atoms with E-state index < -0.39 is 26.4 Å². The lowest BCUT2D eigenvalue weighted by Gasteiger charge is -2.04. The highest BCUT2D eigenvalue weighted by molar-refractivity contribution is 9.09. The summed E-state index contributed by atoms with van der Waals surface area (Å²) in [4.78, 5) is -0.427. The number of unbranched alkanes of at least 4 members (excludes halogenated alkanes) is 1. The summed E-state index contributed by atoms with van der Waals surface area (Å²) in [6.45, 7) is 0. The molecule has 0 aliphatic rings. The van der Waals surface area contributed by atoms with Gasteiger partial charge in [-0.25, -0.2) is 17.2 Å². The quantitative estimate of drug-likeness (QED) is 0.476. The van der Waals surface area contributed by atoms with Crippen LogP contribution in [0.5, 0.6) is 0 Å². The average molecular weight is 313 g/mol. The van der Waals surface area contributed by atoms with Crippen LogP contribution in [-0.4, -0.2) is 19.5 Å². The molecule has 0 N–H and O–H groups in total. The number of rotatable bonds is 5. The minimum atomic E-state index is -3.64. The first-order chi connectivity index (χ1) is 7.47. The van der Waals surface area contributed by atoms with Crippen molar-refractivity contribution in [1.29, 1.82) is 0 Å². The zero-order valence-electron chi connectivity index (χ0n) is 8.42. The van der Waals surface area contributed by atoms with E-state index in [1.54, 1.807) is 0 Å². The van der Waals surface area contributed by atoms with Crippen molar-refractivity contribution in [2.75, 3.05) is 11.1 Å². The molecule has 0 spiro atoms. The van der Waals surface area contributed by atoms with Crippen molar-refractivity contribution < 1.29 is 17.2 Å². The average Bonchev–Trinajstić information content (AvgIpc) is 2.17. The number of sulfone groups is 1. The highest BCUT2D eigenvalue weighted by Crippen LogP contribution is 2.18. The lowest BCUT2D eigenvalue weighted by atomic mass is 10.3. The molecular formula is C10H11BrF2O2S. The Bertz CT molecular complexity index is 460. The number of alkyl halides is 1. The lowest BCUT2D eigenvalue weighted by Crippen LogP contribution is -2.09. The summed E-state index contributed by atoms with van der Waals surface area (Å²) < 4.78 is 49.2. The van der Waals surface area contributed by atoms with E-state index in [-0.39, 0.29) is 5.75 Å². The molecule has 0 aromatic heterocycles. The summed E-state index contributed by atoms with van der Waals surface area (Å²) in [5.74, 6) is -1.93. The first-order valence-electron chi connectivity index (χ1n) is 4.71. The summed E-state index contributed by atoms with van der Waals surface area (Å²) in [5, 5.41) is 0.703. The number of halogens is 3. The molecule has 0 radical (unpaired) electrons. The monoisotopic (exact) mass is 312 g/mol. The molecule has 0 amide bonds. The van der Waals surface area contributed by atoms with Gasteiger partial charge in [0.05, 0.1) is 5.75 Å². The smallest absolute Gasteiger partial charge is 0.181 e. The van der Waals surface area contributed by atoms with Crippen LogP contribution in [0.1, 0.15) is 12.8 Å². The van der Waals surface area contributed by atoms with E-state index in [1.165, 1.54) is 0 Å². The molecule has 0 bridgehead atoms. The molecule has 1 aromatic carbocycles. The van der Waals surface area contributed by atoms with Gasteiger partial charge in [0.25, 0.3) is 0 Å². The zero-order chi connectivity index (χ0) is 12.2. The van der Waals surface area contributed by atoms with Crippen LogP contribution in [0.2, 0.25) is 0 Å². The van der Waals surface area contributed by atoms with E-state index in [4.69, 9.17) is 0 Å². The van der Waals surface area contributed by atoms with Gasteiger partial charge >= 0.3 is 0 Å². The lowest BCUT2D eigenvalue weighted by molar-refractivity contribution is 0.548. The van der Waals surface area contributed by atoms with Gasteiger partial charge in [-0.05, 0) is 25.0 Å². The van der Waals surface area contributed by atoms with E-state index >= 15 is 0 Å². The van der Waals surface area contributed by atoms with Gasteiger partial charge in [0.2, 0.25) is 0 Å². The van der Waals surface area contributed by atoms with Crippen molar-refractivity contribution >= 4 is 25.8 Å². The summed E-state index contributed by atoms with van der Waals surface area (Å²) >= 11 is 3.18. The van der Waals surface area contributed by atoms with Crippen molar-refractivity contribution in [1.82, 2.24) is 0 Å². The standard InChI is InChI=1S/C10H11BrF2O2S/c11-5-1-2-6-16(14,15)10-4-3-8(12)7-9(10)13/h3-4,7H,1-2,5-6H2. The largest absolute Gasteiger partial charge is 0.224 e. The number of hydrogen-bond acceptors (Lipinski definition) is 2. The fraction of sp³-hybridized carbons (Fsp3) is 0.400. The van der Waals surface area contributed by atoms with E-state index in [0.29, 0.717) is 24.2 Å². The van der Waals surface area contributed by atoms with Crippen LogP contribution >= 0.6 is 15.9 Å². The first-order valence-corrected chi connectivity index (χ1v) is 7.48. The number of benzene rings is 1. The molecule has 0 fully saturated rings. The van der Waals surface area contributed by atoms with Crippen molar-refractivity contribution in [3.63, 3.8) is 0 Å². The van der Waals surface area contributed by atoms with E-state index in [1.807, 2.05) is 0 Å². The topological polar surface area (TPSA) is 34.1 Å². The van der Waals surface area contributed by atoms with Crippen LogP contribution in [0.4, 0.5) is 8.78 Å². The van der Waals surface area contributed by atoms with Gasteiger partial charge in [-0.3, -0.25) is 0 Å². The van der Waals surface area contributed by atoms with Crippen LogP contribution in [0.25, 0.3) is 0 Å². The number of hydrogen-bond donors (Lipinski definition) is 0. The Balaban J connectivity index is 2.90. The fourth-order valence-corrected chi connectivity index (χ4v) is 3.06. The molecule has 0 unspecified atom stereocenters. The molecule has 1 aromatic rings. The van der Waals surface area contributed by atoms with Crippen molar-refractivity contribution in [2.45, 2.75) is 17.7 Å². The predicted octanol–water partition coefficient (Wildman–Crippen LogP) is 2.91. The molecule has 1 rings (SSSR count). The fourth-order valence-electron chi connectivity index (χ4n) is 1.22. The summed E-state index contributed by atoms with van der Waals surface area (Å²) in [6.07, 6.45) is 1.15. The molecule has 0 saturated heterocycles. The molecule has 0 aliphatic heterocycles. The Hall–Kier alpha value is -0.490. The highest BCUT2D eigenvalue weighted by Gasteiger charge is 2.18. The second-order valence-electron chi connectivity index (χ2n) is 3.29. The molecule has 6 heteroatoms. The van der Waals surface area contributed by atoms with E-state index in [9.17, 15) is 17.2 Å². The minimum Gasteiger partial charge on any atom is -0.224 e. The third kappa shape index (κ3) is 3.52. The molecule has 16 heavy (non-hydrogen) atoms. The van der Waals surface area contributed by atoms with Gasteiger partial charge in [0, 0.05) is 11.4 Å². The van der Waals surface area contributed by atoms with Crippen LogP contribution in [0.15, 0.2) is 23.1 Å². The van der Waals surface area contributed by atoms with Gasteiger partial charge in [0.15, 0.2) is 9.84 Å². The molecule has 0 aliphatic carbocycles. The van der Waals surface area contributed by atoms with Crippen molar-refractivity contribution in [3.8, 4) is 0 Å². The maximum Gasteiger partial charge on any atom is 0.181 e. The second kappa shape index (κ2) is 5.72. The maximum absolute atomic E-state index is 13.2. The molecule has 0 atom stereocenters. The summed E-state index contributed by atoms with van der Waals surface area (Å²) in [7, 11) is -3.64. The Morgan fingerprint density at radius 1 is 1.19 bits per heavy atom. The maximum atomic E-state index is 13.2. The SMILES string of the molecule is O=S(=O)(CCCCBr)c1ccc(F)cc1F. The normalized spacial score (nSPS) is 11.7.